The van der Waals surface area contributed by atoms with Crippen molar-refractivity contribution in [3.63, 3.8) is 0 Å². The van der Waals surface area contributed by atoms with Gasteiger partial charge in [-0.2, -0.15) is 0 Å². The average molecular weight is 332 g/mol. The highest BCUT2D eigenvalue weighted by Gasteiger charge is 2.38. The Morgan fingerprint density at radius 3 is 2.43 bits per heavy atom. The van der Waals surface area contributed by atoms with Crippen LogP contribution in [0.15, 0.2) is 54.6 Å². The molecule has 0 amide bonds. The Bertz CT molecular complexity index is 614. The van der Waals surface area contributed by atoms with Gasteiger partial charge in [0.05, 0.1) is 6.61 Å². The largest absolute Gasteiger partial charge is 0.365 e. The predicted molar refractivity (Wildman–Crippen MR) is 98.4 cm³/mol. The van der Waals surface area contributed by atoms with Crippen LogP contribution in [0, 0.1) is 0 Å². The molecule has 0 bridgehead atoms. The fraction of sp³-hybridized carbons (Fsp3) is 0.400. The topological polar surface area (TPSA) is 12.5 Å². The molecule has 124 valence electrons. The maximum Gasteiger partial charge on any atom is 0.118 e. The summed E-state index contributed by atoms with van der Waals surface area (Å²) in [7, 11) is 4.26. The number of fused-ring (bicyclic) bond motifs is 1. The standard InChI is InChI=1S/C20H25NO.ClH/c1-21(2)15-8-14-20(18-10-4-3-5-11-18)19-12-7-6-9-17(19)13-16-22-20;/h3-7,9-12H,8,13-16H2,1-2H3;1H. The van der Waals surface area contributed by atoms with Gasteiger partial charge in [-0.1, -0.05) is 54.6 Å². The molecule has 2 aromatic rings. The summed E-state index contributed by atoms with van der Waals surface area (Å²) in [5.74, 6) is 0. The highest BCUT2D eigenvalue weighted by atomic mass is 35.5. The third-order valence-corrected chi connectivity index (χ3v) is 4.55. The van der Waals surface area contributed by atoms with Crippen molar-refractivity contribution in [3.05, 3.63) is 71.3 Å². The van der Waals surface area contributed by atoms with Crippen molar-refractivity contribution in [3.8, 4) is 0 Å². The molecular weight excluding hydrogens is 306 g/mol. The molecule has 1 heterocycles. The van der Waals surface area contributed by atoms with Crippen LogP contribution in [0.5, 0.6) is 0 Å². The van der Waals surface area contributed by atoms with Crippen molar-refractivity contribution in [2.45, 2.75) is 24.9 Å². The van der Waals surface area contributed by atoms with Crippen LogP contribution in [0.1, 0.15) is 29.5 Å². The number of hydrogen-bond donors (Lipinski definition) is 0. The molecule has 1 unspecified atom stereocenters. The van der Waals surface area contributed by atoms with Gasteiger partial charge < -0.3 is 9.64 Å². The Labute approximate surface area is 145 Å². The second-order valence-corrected chi connectivity index (χ2v) is 6.36. The Balaban J connectivity index is 0.00000192. The van der Waals surface area contributed by atoms with E-state index in [0.29, 0.717) is 0 Å². The van der Waals surface area contributed by atoms with Gasteiger partial charge in [0.15, 0.2) is 0 Å². The van der Waals surface area contributed by atoms with E-state index in [9.17, 15) is 0 Å². The predicted octanol–water partition coefficient (Wildman–Crippen LogP) is 4.27. The SMILES string of the molecule is CN(C)CCCC1(c2ccccc2)OCCc2ccccc21.Cl. The minimum Gasteiger partial charge on any atom is -0.365 e. The van der Waals surface area contributed by atoms with Crippen LogP contribution in [0.3, 0.4) is 0 Å². The van der Waals surface area contributed by atoms with Crippen molar-refractivity contribution in [1.29, 1.82) is 0 Å². The zero-order valence-corrected chi connectivity index (χ0v) is 14.8. The highest BCUT2D eigenvalue weighted by Crippen LogP contribution is 2.42. The smallest absolute Gasteiger partial charge is 0.118 e. The maximum atomic E-state index is 6.44. The molecule has 1 aliphatic rings. The van der Waals surface area contributed by atoms with E-state index in [1.54, 1.807) is 0 Å². The monoisotopic (exact) mass is 331 g/mol. The molecule has 0 aliphatic carbocycles. The number of benzene rings is 2. The van der Waals surface area contributed by atoms with Gasteiger partial charge in [0.25, 0.3) is 0 Å². The van der Waals surface area contributed by atoms with E-state index in [0.717, 1.165) is 32.4 Å². The van der Waals surface area contributed by atoms with Gasteiger partial charge >= 0.3 is 0 Å². The van der Waals surface area contributed by atoms with Crippen molar-refractivity contribution in [2.24, 2.45) is 0 Å². The van der Waals surface area contributed by atoms with E-state index in [2.05, 4.69) is 73.6 Å². The zero-order valence-electron chi connectivity index (χ0n) is 14.0. The van der Waals surface area contributed by atoms with E-state index in [-0.39, 0.29) is 18.0 Å². The number of halogens is 1. The molecular formula is C20H26ClNO. The van der Waals surface area contributed by atoms with E-state index < -0.39 is 0 Å². The molecule has 3 rings (SSSR count). The molecule has 1 atom stereocenters. The van der Waals surface area contributed by atoms with Crippen LogP contribution in [-0.4, -0.2) is 32.1 Å². The summed E-state index contributed by atoms with van der Waals surface area (Å²) in [6, 6.07) is 19.5. The van der Waals surface area contributed by atoms with E-state index >= 15 is 0 Å². The van der Waals surface area contributed by atoms with Gasteiger partial charge in [-0.05, 0) is 56.6 Å². The van der Waals surface area contributed by atoms with E-state index in [4.69, 9.17) is 4.74 Å². The first kappa shape index (κ1) is 18.0. The van der Waals surface area contributed by atoms with Crippen molar-refractivity contribution < 1.29 is 4.74 Å². The fourth-order valence-electron chi connectivity index (χ4n) is 3.49. The molecule has 0 fully saturated rings. The van der Waals surface area contributed by atoms with Gasteiger partial charge in [0, 0.05) is 0 Å². The molecule has 0 aromatic heterocycles. The first-order chi connectivity index (χ1) is 10.7. The third kappa shape index (κ3) is 3.77. The molecule has 1 aliphatic heterocycles. The average Bonchev–Trinajstić information content (AvgIpc) is 2.55. The number of ether oxygens (including phenoxy) is 1. The normalized spacial score (nSPS) is 20.0. The van der Waals surface area contributed by atoms with Crippen LogP contribution < -0.4 is 0 Å². The molecule has 0 saturated carbocycles. The van der Waals surface area contributed by atoms with Crippen molar-refractivity contribution in [1.82, 2.24) is 4.90 Å². The van der Waals surface area contributed by atoms with Crippen LogP contribution >= 0.6 is 12.4 Å². The quantitative estimate of drug-likeness (QED) is 0.811. The summed E-state index contributed by atoms with van der Waals surface area (Å²) in [4.78, 5) is 2.24. The molecule has 23 heavy (non-hydrogen) atoms. The second-order valence-electron chi connectivity index (χ2n) is 6.36. The minimum absolute atomic E-state index is 0. The molecule has 2 aromatic carbocycles. The summed E-state index contributed by atoms with van der Waals surface area (Å²) in [6.07, 6.45) is 3.15. The summed E-state index contributed by atoms with van der Waals surface area (Å²) >= 11 is 0. The summed E-state index contributed by atoms with van der Waals surface area (Å²) in [5, 5.41) is 0. The number of nitrogens with zero attached hydrogens (tertiary/aromatic N) is 1. The lowest BCUT2D eigenvalue weighted by Crippen LogP contribution is -2.37. The Kier molecular flexibility index (Phi) is 6.23. The van der Waals surface area contributed by atoms with E-state index in [1.165, 1.54) is 16.7 Å². The zero-order chi connectivity index (χ0) is 15.4. The lowest BCUT2D eigenvalue weighted by atomic mass is 9.78. The van der Waals surface area contributed by atoms with Gasteiger partial charge in [-0.15, -0.1) is 12.4 Å². The lowest BCUT2D eigenvalue weighted by molar-refractivity contribution is -0.0367. The maximum absolute atomic E-state index is 6.44. The van der Waals surface area contributed by atoms with Gasteiger partial charge in [-0.25, -0.2) is 0 Å². The van der Waals surface area contributed by atoms with Crippen molar-refractivity contribution >= 4 is 12.4 Å². The second kappa shape index (κ2) is 7.96. The number of hydrogen-bond acceptors (Lipinski definition) is 2. The van der Waals surface area contributed by atoms with Gasteiger partial charge in [0.1, 0.15) is 5.60 Å². The van der Waals surface area contributed by atoms with Crippen molar-refractivity contribution in [2.75, 3.05) is 27.2 Å². The molecule has 0 radical (unpaired) electrons. The summed E-state index contributed by atoms with van der Waals surface area (Å²) < 4.78 is 6.44. The van der Waals surface area contributed by atoms with Crippen LogP contribution in [0.4, 0.5) is 0 Å². The molecule has 0 saturated heterocycles. The van der Waals surface area contributed by atoms with Gasteiger partial charge in [0.2, 0.25) is 0 Å². The Hall–Kier alpha value is -1.35. The summed E-state index contributed by atoms with van der Waals surface area (Å²) in [6.45, 7) is 1.88. The Morgan fingerprint density at radius 1 is 1.00 bits per heavy atom. The van der Waals surface area contributed by atoms with E-state index in [1.807, 2.05) is 0 Å². The summed E-state index contributed by atoms with van der Waals surface area (Å²) in [5.41, 5.74) is 3.78. The van der Waals surface area contributed by atoms with Crippen LogP contribution in [0.25, 0.3) is 0 Å². The fourth-order valence-corrected chi connectivity index (χ4v) is 3.49. The first-order valence-electron chi connectivity index (χ1n) is 8.15. The van der Waals surface area contributed by atoms with Crippen LogP contribution in [0.2, 0.25) is 0 Å². The lowest BCUT2D eigenvalue weighted by Gasteiger charge is -2.40. The van der Waals surface area contributed by atoms with Crippen LogP contribution in [-0.2, 0) is 16.8 Å². The molecule has 0 spiro atoms. The minimum atomic E-state index is -0.286. The number of rotatable bonds is 5. The molecule has 3 heteroatoms. The third-order valence-electron chi connectivity index (χ3n) is 4.55. The first-order valence-corrected chi connectivity index (χ1v) is 8.15. The molecule has 2 nitrogen and oxygen atoms in total. The van der Waals surface area contributed by atoms with Gasteiger partial charge in [-0.3, -0.25) is 0 Å². The highest BCUT2D eigenvalue weighted by molar-refractivity contribution is 5.85. The Morgan fingerprint density at radius 2 is 1.70 bits per heavy atom. The molecule has 0 N–H and O–H groups in total.